The van der Waals surface area contributed by atoms with E-state index in [1.165, 1.54) is 67.3 Å². The van der Waals surface area contributed by atoms with E-state index in [1.807, 2.05) is 0 Å². The summed E-state index contributed by atoms with van der Waals surface area (Å²) in [5.41, 5.74) is 0.867. The molecular formula is C19H25BrO5S4. The van der Waals surface area contributed by atoms with Crippen molar-refractivity contribution in [2.45, 2.75) is 40.5 Å². The lowest BCUT2D eigenvalue weighted by molar-refractivity contribution is 0.348. The normalized spacial score (nSPS) is 16.3. The number of halogens is 1. The maximum atomic E-state index is 11.5. The third-order valence-electron chi connectivity index (χ3n) is 4.43. The smallest absolute Gasteiger partial charge is 0.184 e. The molecule has 2 aromatic heterocycles. The van der Waals surface area contributed by atoms with Crippen molar-refractivity contribution in [3.63, 3.8) is 0 Å². The Balaban J connectivity index is 0.000000253. The molecule has 3 rings (SSSR count). The van der Waals surface area contributed by atoms with Crippen molar-refractivity contribution in [3.05, 3.63) is 39.0 Å². The molecule has 1 aliphatic carbocycles. The molecule has 1 N–H and O–H groups in total. The molecule has 0 saturated heterocycles. The summed E-state index contributed by atoms with van der Waals surface area (Å²) >= 11 is 5.65. The first-order valence-corrected chi connectivity index (χ1v) is 15.3. The van der Waals surface area contributed by atoms with Gasteiger partial charge in [-0.1, -0.05) is 25.3 Å². The van der Waals surface area contributed by atoms with Crippen molar-refractivity contribution < 1.29 is 21.9 Å². The molecular weight excluding hydrogens is 516 g/mol. The molecule has 10 heteroatoms. The molecule has 0 spiro atoms. The Kier molecular flexibility index (Phi) is 9.11. The minimum atomic E-state index is -3.15. The summed E-state index contributed by atoms with van der Waals surface area (Å²) in [4.78, 5) is 0.869. The van der Waals surface area contributed by atoms with E-state index < -0.39 is 19.7 Å². The molecule has 5 nitrogen and oxygen atoms in total. The molecule has 1 fully saturated rings. The summed E-state index contributed by atoms with van der Waals surface area (Å²) in [5, 5.41) is 9.51. The van der Waals surface area contributed by atoms with Crippen LogP contribution >= 0.6 is 38.6 Å². The number of rotatable bonds is 5. The van der Waals surface area contributed by atoms with E-state index in [-0.39, 0.29) is 6.61 Å². The van der Waals surface area contributed by atoms with Gasteiger partial charge >= 0.3 is 0 Å². The minimum Gasteiger partial charge on any atom is -0.392 e. The van der Waals surface area contributed by atoms with Crippen molar-refractivity contribution in [2.24, 2.45) is 5.92 Å². The lowest BCUT2D eigenvalue weighted by atomic mass is 9.88. The van der Waals surface area contributed by atoms with Crippen LogP contribution in [0.5, 0.6) is 0 Å². The highest BCUT2D eigenvalue weighted by atomic mass is 79.9. The zero-order valence-electron chi connectivity index (χ0n) is 16.3. The van der Waals surface area contributed by atoms with Gasteiger partial charge in [0.25, 0.3) is 0 Å². The summed E-state index contributed by atoms with van der Waals surface area (Å²) in [6, 6.07) is 6.73. The summed E-state index contributed by atoms with van der Waals surface area (Å²) in [6.07, 6.45) is 10.7. The van der Waals surface area contributed by atoms with Crippen molar-refractivity contribution >= 4 is 63.9 Å². The minimum absolute atomic E-state index is 0.0276. The van der Waals surface area contributed by atoms with E-state index in [2.05, 4.69) is 22.0 Å². The Labute approximate surface area is 189 Å². The molecule has 0 atom stereocenters. The average molecular weight is 542 g/mol. The van der Waals surface area contributed by atoms with Gasteiger partial charge in [0.05, 0.1) is 10.4 Å². The lowest BCUT2D eigenvalue weighted by Crippen LogP contribution is -2.04. The average Bonchev–Trinajstić information content (AvgIpc) is 3.30. The van der Waals surface area contributed by atoms with Gasteiger partial charge in [-0.3, -0.25) is 0 Å². The van der Waals surface area contributed by atoms with E-state index in [4.69, 9.17) is 0 Å². The maximum Gasteiger partial charge on any atom is 0.184 e. The Morgan fingerprint density at radius 2 is 1.55 bits per heavy atom. The van der Waals surface area contributed by atoms with Crippen molar-refractivity contribution in [1.82, 2.24) is 0 Å². The number of hydrogen-bond donors (Lipinski definition) is 1. The summed E-state index contributed by atoms with van der Waals surface area (Å²) in [5.74, 6) is 0.527. The predicted octanol–water partition coefficient (Wildman–Crippen LogP) is 5.02. The fraction of sp³-hybridized carbons (Fsp3) is 0.474. The van der Waals surface area contributed by atoms with Crippen LogP contribution in [-0.2, 0) is 19.7 Å². The highest BCUT2D eigenvalue weighted by molar-refractivity contribution is 9.11. The van der Waals surface area contributed by atoms with Crippen LogP contribution in [0.2, 0.25) is 0 Å². The van der Waals surface area contributed by atoms with Gasteiger partial charge < -0.3 is 5.11 Å². The van der Waals surface area contributed by atoms with E-state index in [9.17, 15) is 21.9 Å². The standard InChI is InChI=1S/C14H20O3S2.C5H5BrO2S2/c1-19(16,17)14-8-7-13(18-14)12(10-15)9-11-5-3-2-4-6-11;1-10(7,8)5-3-2-4(6)9-5/h7-9,11,15H,2-6,10H2,1H3;2-3H,1H3/b12-9-;. The highest BCUT2D eigenvalue weighted by Crippen LogP contribution is 2.31. The summed E-state index contributed by atoms with van der Waals surface area (Å²) in [6.45, 7) is -0.0276. The Morgan fingerprint density at radius 3 is 1.97 bits per heavy atom. The second kappa shape index (κ2) is 10.7. The van der Waals surface area contributed by atoms with Crippen molar-refractivity contribution in [3.8, 4) is 0 Å². The number of allylic oxidation sites excluding steroid dienone is 1. The Morgan fingerprint density at radius 1 is 1.00 bits per heavy atom. The zero-order valence-corrected chi connectivity index (χ0v) is 21.1. The van der Waals surface area contributed by atoms with Crippen LogP contribution in [0, 0.1) is 5.92 Å². The van der Waals surface area contributed by atoms with Crippen LogP contribution in [0.3, 0.4) is 0 Å². The van der Waals surface area contributed by atoms with Crippen LogP contribution in [0.1, 0.15) is 37.0 Å². The van der Waals surface area contributed by atoms with Crippen LogP contribution in [0.15, 0.2) is 42.5 Å². The monoisotopic (exact) mass is 540 g/mol. The molecule has 2 aromatic rings. The van der Waals surface area contributed by atoms with E-state index in [1.54, 1.807) is 24.3 Å². The molecule has 1 saturated carbocycles. The van der Waals surface area contributed by atoms with Crippen molar-refractivity contribution in [2.75, 3.05) is 19.1 Å². The molecule has 0 aliphatic heterocycles. The van der Waals surface area contributed by atoms with Gasteiger partial charge in [-0.05, 0) is 64.5 Å². The lowest BCUT2D eigenvalue weighted by Gasteiger charge is -2.19. The number of aliphatic hydroxyl groups excluding tert-OH is 1. The van der Waals surface area contributed by atoms with Gasteiger partial charge in [-0.15, -0.1) is 22.7 Å². The van der Waals surface area contributed by atoms with Gasteiger partial charge in [-0.25, -0.2) is 16.8 Å². The summed E-state index contributed by atoms with van der Waals surface area (Å²) < 4.78 is 46.2. The molecule has 1 aliphatic rings. The number of sulfone groups is 2. The van der Waals surface area contributed by atoms with Crippen LogP contribution in [0.25, 0.3) is 5.57 Å². The quantitative estimate of drug-likeness (QED) is 0.574. The predicted molar refractivity (Wildman–Crippen MR) is 124 cm³/mol. The van der Waals surface area contributed by atoms with Gasteiger partial charge in [0.1, 0.15) is 8.42 Å². The molecule has 0 radical (unpaired) electrons. The fourth-order valence-corrected chi connectivity index (χ4v) is 7.56. The fourth-order valence-electron chi connectivity index (χ4n) is 2.99. The number of hydrogen-bond acceptors (Lipinski definition) is 7. The van der Waals surface area contributed by atoms with Gasteiger partial charge in [0.15, 0.2) is 19.7 Å². The van der Waals surface area contributed by atoms with E-state index in [0.29, 0.717) is 14.3 Å². The topological polar surface area (TPSA) is 88.5 Å². The van der Waals surface area contributed by atoms with Gasteiger partial charge in [0.2, 0.25) is 0 Å². The first-order valence-electron chi connectivity index (χ1n) is 9.08. The Bertz CT molecular complexity index is 1040. The SMILES string of the molecule is CS(=O)(=O)c1ccc(/C(=C\C2CCCCC2)CO)s1.CS(=O)(=O)c1ccc(Br)s1. The third kappa shape index (κ3) is 7.91. The van der Waals surface area contributed by atoms with Crippen LogP contribution in [-0.4, -0.2) is 41.1 Å². The summed E-state index contributed by atoms with van der Waals surface area (Å²) in [7, 11) is -6.14. The molecule has 29 heavy (non-hydrogen) atoms. The Hall–Kier alpha value is -0.520. The molecule has 2 heterocycles. The first kappa shape index (κ1) is 24.7. The molecule has 0 unspecified atom stereocenters. The second-order valence-electron chi connectivity index (χ2n) is 6.97. The number of thiophene rings is 2. The zero-order chi connectivity index (χ0) is 21.7. The van der Waals surface area contributed by atoms with Gasteiger partial charge in [-0.2, -0.15) is 0 Å². The molecule has 0 aromatic carbocycles. The van der Waals surface area contributed by atoms with E-state index >= 15 is 0 Å². The molecule has 162 valence electrons. The molecule has 0 bridgehead atoms. The van der Waals surface area contributed by atoms with Crippen molar-refractivity contribution in [1.29, 1.82) is 0 Å². The maximum absolute atomic E-state index is 11.5. The molecule has 0 amide bonds. The van der Waals surface area contributed by atoms with Gasteiger partial charge in [0, 0.05) is 17.4 Å². The van der Waals surface area contributed by atoms with E-state index in [0.717, 1.165) is 14.2 Å². The van der Waals surface area contributed by atoms with Crippen LogP contribution in [0.4, 0.5) is 0 Å². The van der Waals surface area contributed by atoms with Crippen LogP contribution < -0.4 is 0 Å². The number of aliphatic hydroxyl groups is 1. The second-order valence-corrected chi connectivity index (χ2v) is 15.0. The largest absolute Gasteiger partial charge is 0.392 e. The highest BCUT2D eigenvalue weighted by Gasteiger charge is 2.16. The third-order valence-corrected chi connectivity index (χ3v) is 10.9. The first-order chi connectivity index (χ1) is 13.5.